The van der Waals surface area contributed by atoms with Crippen molar-refractivity contribution < 1.29 is 34.1 Å². The van der Waals surface area contributed by atoms with E-state index in [1.807, 2.05) is 11.8 Å². The highest BCUT2D eigenvalue weighted by Crippen LogP contribution is 2.33. The van der Waals surface area contributed by atoms with E-state index in [4.69, 9.17) is 20.0 Å². The van der Waals surface area contributed by atoms with Gasteiger partial charge in [-0.3, -0.25) is 15.0 Å². The number of amidine groups is 1. The molecule has 0 aliphatic carbocycles. The number of phenols is 1. The van der Waals surface area contributed by atoms with Crippen LogP contribution >= 0.6 is 0 Å². The lowest BCUT2D eigenvalue weighted by molar-refractivity contribution is -0.143. The fourth-order valence-electron chi connectivity index (χ4n) is 4.64. The number of nitrogens with one attached hydrogen (secondary N) is 2. The zero-order chi connectivity index (χ0) is 26.7. The molecule has 196 valence electrons. The van der Waals surface area contributed by atoms with E-state index in [1.165, 1.54) is 13.1 Å². The summed E-state index contributed by atoms with van der Waals surface area (Å²) in [4.78, 5) is 39.8. The number of nitrogens with zero attached hydrogens (tertiary/aromatic N) is 2. The van der Waals surface area contributed by atoms with Crippen LogP contribution in [0.4, 0.5) is 5.69 Å². The number of benzene rings is 2. The van der Waals surface area contributed by atoms with Gasteiger partial charge in [-0.25, -0.2) is 4.79 Å². The molecule has 11 nitrogen and oxygen atoms in total. The van der Waals surface area contributed by atoms with E-state index in [0.29, 0.717) is 60.8 Å². The Bertz CT molecular complexity index is 1250. The van der Waals surface area contributed by atoms with E-state index in [1.54, 1.807) is 29.2 Å². The SMILES string of the molecule is CCOc1cc2c(cc1C(=O)NC)C(=N)N(CC(=O)c1ccc(O)c(N3CCC(OCC(=O)O)C3)c1)C2. The molecule has 0 radical (unpaired) electrons. The van der Waals surface area contributed by atoms with E-state index >= 15 is 0 Å². The van der Waals surface area contributed by atoms with Crippen LogP contribution in [0.2, 0.25) is 0 Å². The van der Waals surface area contributed by atoms with Crippen LogP contribution in [0.5, 0.6) is 11.5 Å². The molecule has 37 heavy (non-hydrogen) atoms. The van der Waals surface area contributed by atoms with E-state index in [0.717, 1.165) is 5.56 Å². The third-order valence-electron chi connectivity index (χ3n) is 6.47. The summed E-state index contributed by atoms with van der Waals surface area (Å²) in [7, 11) is 1.53. The number of anilines is 1. The highest BCUT2D eigenvalue weighted by atomic mass is 16.5. The minimum absolute atomic E-state index is 0.0157. The Balaban J connectivity index is 1.48. The first-order valence-electron chi connectivity index (χ1n) is 12.0. The molecule has 2 aromatic rings. The first-order valence-corrected chi connectivity index (χ1v) is 12.0. The molecule has 1 amide bonds. The van der Waals surface area contributed by atoms with Crippen molar-refractivity contribution in [3.63, 3.8) is 0 Å². The number of Topliss-reactive ketones (excluding diaryl/α,β-unsaturated/α-hetero) is 1. The summed E-state index contributed by atoms with van der Waals surface area (Å²) >= 11 is 0. The van der Waals surface area contributed by atoms with Crippen molar-refractivity contribution in [2.45, 2.75) is 26.0 Å². The van der Waals surface area contributed by atoms with Crippen LogP contribution in [0.1, 0.15) is 45.2 Å². The zero-order valence-electron chi connectivity index (χ0n) is 20.7. The highest BCUT2D eigenvalue weighted by molar-refractivity contribution is 6.07. The minimum Gasteiger partial charge on any atom is -0.506 e. The number of ether oxygens (including phenoxy) is 2. The number of ketones is 1. The van der Waals surface area contributed by atoms with Gasteiger partial charge in [-0.1, -0.05) is 0 Å². The van der Waals surface area contributed by atoms with Gasteiger partial charge < -0.3 is 34.8 Å². The van der Waals surface area contributed by atoms with Crippen LogP contribution < -0.4 is 15.0 Å². The van der Waals surface area contributed by atoms with Crippen LogP contribution in [-0.4, -0.2) is 84.6 Å². The van der Waals surface area contributed by atoms with Gasteiger partial charge in [0.1, 0.15) is 23.9 Å². The van der Waals surface area contributed by atoms with E-state index < -0.39 is 5.97 Å². The molecular formula is C26H30N4O7. The molecular weight excluding hydrogens is 480 g/mol. The molecule has 1 saturated heterocycles. The monoisotopic (exact) mass is 510 g/mol. The van der Waals surface area contributed by atoms with Gasteiger partial charge in [-0.15, -0.1) is 0 Å². The predicted molar refractivity (Wildman–Crippen MR) is 135 cm³/mol. The summed E-state index contributed by atoms with van der Waals surface area (Å²) in [5.41, 5.74) is 2.56. The molecule has 4 rings (SSSR count). The van der Waals surface area contributed by atoms with Gasteiger partial charge >= 0.3 is 5.97 Å². The van der Waals surface area contributed by atoms with Gasteiger partial charge in [0.2, 0.25) is 0 Å². The Morgan fingerprint density at radius 1 is 1.22 bits per heavy atom. The predicted octanol–water partition coefficient (Wildman–Crippen LogP) is 1.85. The number of carbonyl (C=O) groups is 3. The number of amides is 1. The molecule has 11 heteroatoms. The second-order valence-corrected chi connectivity index (χ2v) is 8.91. The Morgan fingerprint density at radius 2 is 2.00 bits per heavy atom. The van der Waals surface area contributed by atoms with Crippen LogP contribution in [0, 0.1) is 5.41 Å². The first-order chi connectivity index (χ1) is 17.7. The molecule has 2 aromatic carbocycles. The van der Waals surface area contributed by atoms with Crippen molar-refractivity contribution in [3.05, 3.63) is 52.6 Å². The number of phenolic OH excluding ortho intramolecular Hbond substituents is 1. The third kappa shape index (κ3) is 5.51. The largest absolute Gasteiger partial charge is 0.506 e. The Morgan fingerprint density at radius 3 is 2.70 bits per heavy atom. The molecule has 0 saturated carbocycles. The van der Waals surface area contributed by atoms with Crippen molar-refractivity contribution in [1.29, 1.82) is 5.41 Å². The molecule has 1 fully saturated rings. The van der Waals surface area contributed by atoms with Crippen molar-refractivity contribution in [1.82, 2.24) is 10.2 Å². The average molecular weight is 511 g/mol. The van der Waals surface area contributed by atoms with Gasteiger partial charge in [0, 0.05) is 37.8 Å². The van der Waals surface area contributed by atoms with Crippen LogP contribution in [0.25, 0.3) is 0 Å². The fraction of sp³-hybridized carbons (Fsp3) is 0.385. The number of aliphatic carboxylic acids is 1. The fourth-order valence-corrected chi connectivity index (χ4v) is 4.64. The number of hydrogen-bond acceptors (Lipinski definition) is 8. The maximum atomic E-state index is 13.2. The second-order valence-electron chi connectivity index (χ2n) is 8.91. The maximum absolute atomic E-state index is 13.2. The molecule has 2 heterocycles. The molecule has 2 aliphatic heterocycles. The average Bonchev–Trinajstić information content (AvgIpc) is 3.46. The second kappa shape index (κ2) is 10.9. The number of carboxylic acid groups (broad SMARTS) is 1. The number of carboxylic acids is 1. The standard InChI is InChI=1S/C26H30N4O7/c1-3-36-23-9-16-11-30(25(27)18(16)10-19(23)26(35)28-2)13-22(32)15-4-5-21(31)20(8-15)29-7-6-17(12-29)37-14-24(33)34/h4-5,8-10,17,27,31H,3,6-7,11-14H2,1-2H3,(H,28,35)(H,33,34). The first kappa shape index (κ1) is 26.0. The summed E-state index contributed by atoms with van der Waals surface area (Å²) < 4.78 is 11.0. The lowest BCUT2D eigenvalue weighted by atomic mass is 10.0. The number of rotatable bonds is 10. The molecule has 1 unspecified atom stereocenters. The van der Waals surface area contributed by atoms with E-state index in [9.17, 15) is 19.5 Å². The van der Waals surface area contributed by atoms with Crippen molar-refractivity contribution >= 4 is 29.2 Å². The highest BCUT2D eigenvalue weighted by Gasteiger charge is 2.30. The Kier molecular flexibility index (Phi) is 7.63. The smallest absolute Gasteiger partial charge is 0.329 e. The molecule has 2 aliphatic rings. The van der Waals surface area contributed by atoms with Gasteiger partial charge in [0.25, 0.3) is 5.91 Å². The molecule has 0 aromatic heterocycles. The van der Waals surface area contributed by atoms with Crippen molar-refractivity contribution in [3.8, 4) is 11.5 Å². The van der Waals surface area contributed by atoms with Crippen LogP contribution in [-0.2, 0) is 16.1 Å². The molecule has 4 N–H and O–H groups in total. The van der Waals surface area contributed by atoms with Crippen molar-refractivity contribution in [2.75, 3.05) is 44.8 Å². The molecule has 1 atom stereocenters. The Labute approximate surface area is 214 Å². The number of aromatic hydroxyl groups is 1. The number of carbonyl (C=O) groups excluding carboxylic acids is 2. The van der Waals surface area contributed by atoms with Crippen LogP contribution in [0.3, 0.4) is 0 Å². The summed E-state index contributed by atoms with van der Waals surface area (Å²) in [6.45, 7) is 3.05. The van der Waals surface area contributed by atoms with E-state index in [2.05, 4.69) is 5.32 Å². The van der Waals surface area contributed by atoms with Crippen LogP contribution in [0.15, 0.2) is 30.3 Å². The van der Waals surface area contributed by atoms with Gasteiger partial charge in [-0.2, -0.15) is 0 Å². The van der Waals surface area contributed by atoms with Crippen molar-refractivity contribution in [2.24, 2.45) is 0 Å². The quantitative estimate of drug-likeness (QED) is 0.351. The van der Waals surface area contributed by atoms with E-state index in [-0.39, 0.29) is 42.5 Å². The summed E-state index contributed by atoms with van der Waals surface area (Å²) in [6, 6.07) is 7.99. The minimum atomic E-state index is -1.04. The summed E-state index contributed by atoms with van der Waals surface area (Å²) in [5, 5.41) is 30.4. The van der Waals surface area contributed by atoms with Gasteiger partial charge in [0.05, 0.1) is 30.5 Å². The lowest BCUT2D eigenvalue weighted by Gasteiger charge is -2.21. The van der Waals surface area contributed by atoms with Gasteiger partial charge in [-0.05, 0) is 49.2 Å². The summed E-state index contributed by atoms with van der Waals surface area (Å²) in [6.07, 6.45) is 0.329. The normalized spacial score (nSPS) is 16.6. The molecule has 0 bridgehead atoms. The number of hydrogen-bond donors (Lipinski definition) is 4. The lowest BCUT2D eigenvalue weighted by Crippen LogP contribution is -2.30. The zero-order valence-corrected chi connectivity index (χ0v) is 20.7. The molecule has 0 spiro atoms. The number of fused-ring (bicyclic) bond motifs is 1. The topological polar surface area (TPSA) is 152 Å². The maximum Gasteiger partial charge on any atom is 0.329 e. The Hall–Kier alpha value is -4.12. The summed E-state index contributed by atoms with van der Waals surface area (Å²) in [5.74, 6) is -0.991. The van der Waals surface area contributed by atoms with Gasteiger partial charge in [0.15, 0.2) is 5.78 Å². The third-order valence-corrected chi connectivity index (χ3v) is 6.47.